The molecule has 0 radical (unpaired) electrons. The second-order valence-corrected chi connectivity index (χ2v) is 25.7. The minimum Gasteiger partial charge on any atom is -0.444 e. The lowest BCUT2D eigenvalue weighted by Gasteiger charge is -2.24. The van der Waals surface area contributed by atoms with Gasteiger partial charge in [-0.15, -0.1) is 10.2 Å². The number of hydrogen-bond acceptors (Lipinski definition) is 20. The highest BCUT2D eigenvalue weighted by Gasteiger charge is 2.41. The van der Waals surface area contributed by atoms with Crippen molar-refractivity contribution in [3.05, 3.63) is 104 Å². The van der Waals surface area contributed by atoms with Crippen molar-refractivity contribution < 1.29 is 90.7 Å². The van der Waals surface area contributed by atoms with Gasteiger partial charge < -0.3 is 53.3 Å². The highest BCUT2D eigenvalue weighted by atomic mass is 35.5. The van der Waals surface area contributed by atoms with Crippen LogP contribution < -0.4 is 26.4 Å². The summed E-state index contributed by atoms with van der Waals surface area (Å²) in [4.78, 5) is 45.5. The Balaban J connectivity index is 0.000000298. The molecule has 3 aromatic heterocycles. The molecule has 0 bridgehead atoms. The Labute approximate surface area is 528 Å². The van der Waals surface area contributed by atoms with Gasteiger partial charge in [-0.3, -0.25) is 19.7 Å². The first-order chi connectivity index (χ1) is 41.1. The third kappa shape index (κ3) is 21.5. The molecular formula is C51H64Cl4F6N12O14S2. The summed E-state index contributed by atoms with van der Waals surface area (Å²) in [5.41, 5.74) is 2.75. The number of nitrogens with zero attached hydrogens (tertiary/aromatic N) is 7. The monoisotopic (exact) mass is 1390 g/mol. The van der Waals surface area contributed by atoms with Crippen molar-refractivity contribution in [1.29, 1.82) is 0 Å². The fraction of sp³-hybridized carbons (Fsp3) is 0.471. The highest BCUT2D eigenvalue weighted by Crippen LogP contribution is 2.39. The van der Waals surface area contributed by atoms with Gasteiger partial charge in [-0.25, -0.2) is 42.2 Å². The van der Waals surface area contributed by atoms with Gasteiger partial charge in [0.15, 0.2) is 11.5 Å². The number of amides is 3. The number of likely N-dealkylation sites (tertiary alicyclic amines) is 2. The molecule has 7 N–H and O–H groups in total. The van der Waals surface area contributed by atoms with E-state index in [1.54, 1.807) is 42.8 Å². The Bertz CT molecular complexity index is 3490. The van der Waals surface area contributed by atoms with Crippen LogP contribution >= 0.6 is 46.4 Å². The molecule has 26 nitrogen and oxygen atoms in total. The van der Waals surface area contributed by atoms with E-state index in [9.17, 15) is 57.6 Å². The number of halogens is 10. The predicted molar refractivity (Wildman–Crippen MR) is 313 cm³/mol. The van der Waals surface area contributed by atoms with Crippen LogP contribution in [0.3, 0.4) is 0 Å². The highest BCUT2D eigenvalue weighted by molar-refractivity contribution is 7.93. The molecule has 0 saturated carbocycles. The Hall–Kier alpha value is -6.15. The Morgan fingerprint density at radius 3 is 1.49 bits per heavy atom. The van der Waals surface area contributed by atoms with Crippen molar-refractivity contribution >= 4 is 95.9 Å². The number of nitrogens with two attached hydrogens (primary N) is 2. The predicted octanol–water partition coefficient (Wildman–Crippen LogP) is 8.87. The lowest BCUT2D eigenvalue weighted by atomic mass is 10.2. The molecule has 0 unspecified atom stereocenters. The van der Waals surface area contributed by atoms with E-state index in [1.165, 1.54) is 51.9 Å². The zero-order chi connectivity index (χ0) is 67.4. The van der Waals surface area contributed by atoms with Gasteiger partial charge in [-0.2, -0.15) is 26.3 Å². The van der Waals surface area contributed by atoms with Gasteiger partial charge in [-0.05, 0) is 90.1 Å². The quantitative estimate of drug-likeness (QED) is 0.0228. The molecule has 2 fully saturated rings. The Morgan fingerprint density at radius 2 is 1.08 bits per heavy atom. The van der Waals surface area contributed by atoms with Crippen LogP contribution in [0.2, 0.25) is 20.1 Å². The molecule has 0 spiro atoms. The average Bonchev–Trinajstić information content (AvgIpc) is 1.84. The molecule has 2 aliphatic rings. The molecule has 0 aliphatic carbocycles. The first kappa shape index (κ1) is 75.3. The maximum Gasteiger partial charge on any atom is 0.417 e. The normalized spacial score (nSPS) is 17.1. The number of aromatic nitrogens is 5. The van der Waals surface area contributed by atoms with Crippen LogP contribution in [-0.4, -0.2) is 167 Å². The molecule has 38 heteroatoms. The van der Waals surface area contributed by atoms with Crippen LogP contribution in [-0.2, 0) is 65.6 Å². The first-order valence-electron chi connectivity index (χ1n) is 25.5. The summed E-state index contributed by atoms with van der Waals surface area (Å²) in [6, 6.07) is 5.88. The molecule has 4 atom stereocenters. The van der Waals surface area contributed by atoms with Crippen molar-refractivity contribution in [2.75, 3.05) is 71.2 Å². The summed E-state index contributed by atoms with van der Waals surface area (Å²) in [5.74, 6) is 4.13. The number of nitrogens with one attached hydrogen (secondary N) is 3. The Kier molecular flexibility index (Phi) is 26.4. The van der Waals surface area contributed by atoms with E-state index in [4.69, 9.17) is 76.9 Å². The lowest BCUT2D eigenvalue weighted by molar-refractivity contribution is -0.252. The van der Waals surface area contributed by atoms with Crippen LogP contribution in [0.5, 0.6) is 0 Å². The van der Waals surface area contributed by atoms with E-state index in [1.807, 2.05) is 25.5 Å². The summed E-state index contributed by atoms with van der Waals surface area (Å²) >= 11 is 22.9. The number of nitrogen functional groups attached to an aromatic ring is 1. The van der Waals surface area contributed by atoms with E-state index >= 15 is 0 Å². The number of ether oxygens (including phenoxy) is 7. The molecule has 2 aliphatic heterocycles. The second kappa shape index (κ2) is 31.2. The maximum absolute atomic E-state index is 13.4. The second-order valence-electron chi connectivity index (χ2n) is 20.7. The third-order valence-corrected chi connectivity index (χ3v) is 15.6. The first-order valence-corrected chi connectivity index (χ1v) is 30.0. The van der Waals surface area contributed by atoms with Crippen molar-refractivity contribution in [3.8, 4) is 11.5 Å². The number of alkyl halides is 6. The zero-order valence-electron chi connectivity index (χ0n) is 49.2. The number of sulfonamides is 2. The molecule has 3 amide bonds. The van der Waals surface area contributed by atoms with E-state index in [2.05, 4.69) is 39.1 Å². The van der Waals surface area contributed by atoms with Crippen molar-refractivity contribution in [1.82, 2.24) is 40.0 Å². The van der Waals surface area contributed by atoms with Gasteiger partial charge in [0.1, 0.15) is 23.2 Å². The molecule has 89 heavy (non-hydrogen) atoms. The van der Waals surface area contributed by atoms with Crippen molar-refractivity contribution in [2.24, 2.45) is 11.6 Å². The number of benzene rings is 2. The van der Waals surface area contributed by atoms with Gasteiger partial charge in [0, 0.05) is 61.0 Å². The summed E-state index contributed by atoms with van der Waals surface area (Å²) in [6.07, 6.45) is -7.53. The number of hydrazine groups is 1. The van der Waals surface area contributed by atoms with Crippen LogP contribution in [0.25, 0.3) is 11.5 Å². The summed E-state index contributed by atoms with van der Waals surface area (Å²) in [7, 11) is -1.50. The van der Waals surface area contributed by atoms with E-state index in [0.29, 0.717) is 25.2 Å². The van der Waals surface area contributed by atoms with Crippen LogP contribution in [0.4, 0.5) is 47.3 Å². The molecule has 5 aromatic rings. The smallest absolute Gasteiger partial charge is 0.417 e. The largest absolute Gasteiger partial charge is 0.444 e. The SMILES string of the molecule is COC(OC)OC.CO[C@H]1CN(C(=O)OC(C)(C)C)C[C@@H]1N.CO[C@H]1CN(C(=O)OC(C)(C)C)C[C@@H]1n1cnnc1-c1ncc(Cl)cc1NS(=O)(=O)c1ccc(Cl)c(C(F)(F)F)c1.NNC(=O)c1ncc(Cl)cc1NS(=O)(=O)c1ccc(Cl)c(C(F)(F)F)c1. The topological polar surface area (TPSA) is 335 Å². The van der Waals surface area contributed by atoms with Gasteiger partial charge in [0.05, 0.1) is 89.8 Å². The fourth-order valence-corrected chi connectivity index (χ4v) is 10.8. The summed E-state index contributed by atoms with van der Waals surface area (Å²) < 4.78 is 171. The lowest BCUT2D eigenvalue weighted by Crippen LogP contribution is -2.36. The van der Waals surface area contributed by atoms with Gasteiger partial charge in [0.25, 0.3) is 32.4 Å². The minimum atomic E-state index is -4.88. The number of carbonyl (C=O) groups is 3. The number of carbonyl (C=O) groups excluding carboxylic acids is 3. The van der Waals surface area contributed by atoms with Crippen LogP contribution in [0, 0.1) is 0 Å². The number of anilines is 2. The minimum absolute atomic E-state index is 0.0222. The zero-order valence-corrected chi connectivity index (χ0v) is 53.8. The third-order valence-electron chi connectivity index (χ3n) is 11.8. The summed E-state index contributed by atoms with van der Waals surface area (Å²) in [5, 5.41) is 6.73. The molecule has 7 rings (SSSR count). The van der Waals surface area contributed by atoms with Gasteiger partial charge >= 0.3 is 24.5 Å². The van der Waals surface area contributed by atoms with Crippen LogP contribution in [0.1, 0.15) is 69.2 Å². The number of pyridine rings is 2. The molecule has 2 saturated heterocycles. The van der Waals surface area contributed by atoms with E-state index in [-0.39, 0.29) is 64.3 Å². The Morgan fingerprint density at radius 1 is 0.640 bits per heavy atom. The number of rotatable bonds is 14. The molecule has 494 valence electrons. The van der Waals surface area contributed by atoms with Crippen molar-refractivity contribution in [2.45, 2.75) is 106 Å². The molecule has 2 aromatic carbocycles. The number of methoxy groups -OCH3 is 5. The summed E-state index contributed by atoms with van der Waals surface area (Å²) in [6.45, 7) is 11.6. The molecule has 5 heterocycles. The molecular weight excluding hydrogens is 1320 g/mol. The standard InChI is InChI=1S/C24H25Cl2F3N6O5S.C13H9Cl2F3N4O3S.C10H20N2O3.C4H10O3/c1-23(2,3)40-22(36)34-10-18(19(11-34)39-4)35-12-31-32-21(35)20-17(7-13(25)9-30-20)33-41(37,38)14-5-6-16(26)15(8-14)24(27,28)29;14-6-3-10(11(20-5-6)12(23)21-19)22-26(24,25)7-1-2-9(15)8(4-7)13(16,17)18;1-10(2,3)15-9(13)12-5-7(11)8(6-12)14-4;1-5-4(6-2)7-3/h5-9,12,18-19,33H,10-11H2,1-4H3;1-5,22H,19H2,(H,21,23);7-8H,5-6,11H2,1-4H3;4H,1-3H3/t18-,19-;;7-,8-;/m0.0./s1. The maximum atomic E-state index is 13.4. The van der Waals surface area contributed by atoms with E-state index < -0.39 is 111 Å². The van der Waals surface area contributed by atoms with Crippen molar-refractivity contribution in [3.63, 3.8) is 0 Å². The fourth-order valence-electron chi connectivity index (χ4n) is 7.85. The number of hydrogen-bond donors (Lipinski definition) is 5. The van der Waals surface area contributed by atoms with Gasteiger partial charge in [0.2, 0.25) is 0 Å². The van der Waals surface area contributed by atoms with Crippen LogP contribution in [0.15, 0.2) is 77.0 Å². The van der Waals surface area contributed by atoms with Gasteiger partial charge in [-0.1, -0.05) is 46.4 Å². The van der Waals surface area contributed by atoms with E-state index in [0.717, 1.165) is 36.5 Å². The average molecular weight is 1390 g/mol.